The summed E-state index contributed by atoms with van der Waals surface area (Å²) in [5.74, 6) is -2.29. The van der Waals surface area contributed by atoms with Crippen molar-refractivity contribution in [3.05, 3.63) is 47.5 Å². The number of aryl methyl sites for hydroxylation is 1. The number of fused-ring (bicyclic) bond motifs is 1. The van der Waals surface area contributed by atoms with Crippen molar-refractivity contribution in [2.45, 2.75) is 6.92 Å². The van der Waals surface area contributed by atoms with Crippen LogP contribution in [-0.2, 0) is 4.79 Å². The third-order valence-electron chi connectivity index (χ3n) is 2.58. The van der Waals surface area contributed by atoms with E-state index in [0.29, 0.717) is 5.39 Å². The number of rotatable bonds is 2. The number of hydrogen-bond donors (Lipinski definition) is 1. The SMILES string of the molecule is Cc1ccc(C(=O)C(=O)O)c2ccccc12. The van der Waals surface area contributed by atoms with Gasteiger partial charge >= 0.3 is 5.97 Å². The van der Waals surface area contributed by atoms with Gasteiger partial charge in [0.15, 0.2) is 0 Å². The van der Waals surface area contributed by atoms with E-state index in [9.17, 15) is 9.59 Å². The maximum atomic E-state index is 11.5. The first-order chi connectivity index (χ1) is 7.61. The second-order valence-corrected chi connectivity index (χ2v) is 3.61. The molecule has 0 aliphatic carbocycles. The normalized spacial score (nSPS) is 10.3. The molecule has 0 radical (unpaired) electrons. The lowest BCUT2D eigenvalue weighted by Crippen LogP contribution is -2.13. The van der Waals surface area contributed by atoms with E-state index in [0.717, 1.165) is 10.9 Å². The molecule has 2 rings (SSSR count). The number of benzene rings is 2. The van der Waals surface area contributed by atoms with Gasteiger partial charge in [-0.1, -0.05) is 30.3 Å². The van der Waals surface area contributed by atoms with Crippen molar-refractivity contribution >= 4 is 22.5 Å². The van der Waals surface area contributed by atoms with Crippen molar-refractivity contribution < 1.29 is 14.7 Å². The minimum absolute atomic E-state index is 0.244. The first kappa shape index (κ1) is 10.4. The van der Waals surface area contributed by atoms with E-state index in [1.54, 1.807) is 24.3 Å². The molecule has 16 heavy (non-hydrogen) atoms. The van der Waals surface area contributed by atoms with Crippen LogP contribution in [0.3, 0.4) is 0 Å². The van der Waals surface area contributed by atoms with Crippen LogP contribution < -0.4 is 0 Å². The summed E-state index contributed by atoms with van der Waals surface area (Å²) in [6.45, 7) is 1.93. The summed E-state index contributed by atoms with van der Waals surface area (Å²) in [4.78, 5) is 22.1. The molecule has 0 aromatic heterocycles. The van der Waals surface area contributed by atoms with Gasteiger partial charge in [-0.2, -0.15) is 0 Å². The van der Waals surface area contributed by atoms with Crippen LogP contribution in [0.1, 0.15) is 15.9 Å². The van der Waals surface area contributed by atoms with E-state index in [1.807, 2.05) is 19.1 Å². The predicted molar refractivity (Wildman–Crippen MR) is 60.7 cm³/mol. The fraction of sp³-hybridized carbons (Fsp3) is 0.0769. The molecule has 2 aromatic carbocycles. The molecule has 0 spiro atoms. The Bertz CT molecular complexity index is 585. The molecule has 0 unspecified atom stereocenters. The van der Waals surface area contributed by atoms with Crippen LogP contribution in [0.4, 0.5) is 0 Å². The summed E-state index contributed by atoms with van der Waals surface area (Å²) in [5, 5.41) is 10.3. The van der Waals surface area contributed by atoms with Gasteiger partial charge in [-0.3, -0.25) is 4.79 Å². The Morgan fingerprint density at radius 1 is 1.00 bits per heavy atom. The lowest BCUT2D eigenvalue weighted by atomic mass is 9.98. The van der Waals surface area contributed by atoms with Gasteiger partial charge in [0.25, 0.3) is 5.78 Å². The van der Waals surface area contributed by atoms with Crippen molar-refractivity contribution in [2.24, 2.45) is 0 Å². The molecular weight excluding hydrogens is 204 g/mol. The van der Waals surface area contributed by atoms with Gasteiger partial charge in [-0.15, -0.1) is 0 Å². The topological polar surface area (TPSA) is 54.4 Å². The van der Waals surface area contributed by atoms with E-state index < -0.39 is 11.8 Å². The standard InChI is InChI=1S/C13H10O3/c1-8-6-7-11(12(14)13(15)16)10-5-3-2-4-9(8)10/h2-7H,1H3,(H,15,16). The van der Waals surface area contributed by atoms with Gasteiger partial charge in [0.1, 0.15) is 0 Å². The summed E-state index contributed by atoms with van der Waals surface area (Å²) in [6.07, 6.45) is 0. The molecule has 0 fully saturated rings. The number of carbonyl (C=O) groups is 2. The van der Waals surface area contributed by atoms with Crippen LogP contribution in [0, 0.1) is 6.92 Å². The minimum Gasteiger partial charge on any atom is -0.475 e. The molecule has 0 aliphatic rings. The molecule has 0 atom stereocenters. The van der Waals surface area contributed by atoms with Crippen molar-refractivity contribution in [1.29, 1.82) is 0 Å². The zero-order valence-electron chi connectivity index (χ0n) is 8.73. The van der Waals surface area contributed by atoms with Crippen LogP contribution in [0.5, 0.6) is 0 Å². The summed E-state index contributed by atoms with van der Waals surface area (Å²) in [7, 11) is 0. The summed E-state index contributed by atoms with van der Waals surface area (Å²) in [6, 6.07) is 10.6. The van der Waals surface area contributed by atoms with E-state index in [4.69, 9.17) is 5.11 Å². The maximum Gasteiger partial charge on any atom is 0.377 e. The predicted octanol–water partition coefficient (Wildman–Crippen LogP) is 2.42. The molecule has 0 amide bonds. The molecule has 1 N–H and O–H groups in total. The number of aliphatic carboxylic acids is 1. The van der Waals surface area contributed by atoms with Crippen LogP contribution in [-0.4, -0.2) is 16.9 Å². The van der Waals surface area contributed by atoms with Crippen LogP contribution in [0.25, 0.3) is 10.8 Å². The smallest absolute Gasteiger partial charge is 0.377 e. The number of carboxylic acid groups (broad SMARTS) is 1. The Balaban J connectivity index is 2.77. The Labute approximate surface area is 92.3 Å². The number of carbonyl (C=O) groups excluding carboxylic acids is 1. The largest absolute Gasteiger partial charge is 0.475 e. The fourth-order valence-electron chi connectivity index (χ4n) is 1.76. The lowest BCUT2D eigenvalue weighted by Gasteiger charge is -2.05. The van der Waals surface area contributed by atoms with Gasteiger partial charge in [-0.05, 0) is 29.3 Å². The maximum absolute atomic E-state index is 11.5. The molecule has 0 heterocycles. The van der Waals surface area contributed by atoms with E-state index >= 15 is 0 Å². The Morgan fingerprint density at radius 3 is 2.25 bits per heavy atom. The van der Waals surface area contributed by atoms with Crippen LogP contribution >= 0.6 is 0 Å². The average molecular weight is 214 g/mol. The third-order valence-corrected chi connectivity index (χ3v) is 2.58. The summed E-state index contributed by atoms with van der Waals surface area (Å²) < 4.78 is 0. The lowest BCUT2D eigenvalue weighted by molar-refractivity contribution is -0.131. The zero-order chi connectivity index (χ0) is 11.7. The first-order valence-electron chi connectivity index (χ1n) is 4.87. The summed E-state index contributed by atoms with van der Waals surface area (Å²) >= 11 is 0. The van der Waals surface area contributed by atoms with Gasteiger partial charge in [0.2, 0.25) is 0 Å². The van der Waals surface area contributed by atoms with E-state index in [2.05, 4.69) is 0 Å². The molecule has 3 heteroatoms. The molecule has 0 saturated carbocycles. The van der Waals surface area contributed by atoms with Crippen molar-refractivity contribution in [3.8, 4) is 0 Å². The fourth-order valence-corrected chi connectivity index (χ4v) is 1.76. The van der Waals surface area contributed by atoms with E-state index in [-0.39, 0.29) is 5.56 Å². The number of ketones is 1. The molecule has 0 bridgehead atoms. The second kappa shape index (κ2) is 3.77. The monoisotopic (exact) mass is 214 g/mol. The Hall–Kier alpha value is -2.16. The quantitative estimate of drug-likeness (QED) is 0.617. The first-order valence-corrected chi connectivity index (χ1v) is 4.87. The van der Waals surface area contributed by atoms with Gasteiger partial charge in [-0.25, -0.2) is 4.79 Å². The van der Waals surface area contributed by atoms with Crippen molar-refractivity contribution in [1.82, 2.24) is 0 Å². The second-order valence-electron chi connectivity index (χ2n) is 3.61. The third kappa shape index (κ3) is 1.56. The number of hydrogen-bond acceptors (Lipinski definition) is 2. The molecule has 0 aliphatic heterocycles. The molecule has 0 saturated heterocycles. The van der Waals surface area contributed by atoms with Crippen molar-refractivity contribution in [3.63, 3.8) is 0 Å². The number of Topliss-reactive ketones (excluding diaryl/α,β-unsaturated/α-hetero) is 1. The van der Waals surface area contributed by atoms with Crippen LogP contribution in [0.15, 0.2) is 36.4 Å². The number of carboxylic acids is 1. The van der Waals surface area contributed by atoms with E-state index in [1.165, 1.54) is 0 Å². The highest BCUT2D eigenvalue weighted by atomic mass is 16.4. The highest BCUT2D eigenvalue weighted by Crippen LogP contribution is 2.22. The summed E-state index contributed by atoms with van der Waals surface area (Å²) in [5.41, 5.74) is 1.27. The molecule has 3 nitrogen and oxygen atoms in total. The van der Waals surface area contributed by atoms with Gasteiger partial charge in [0, 0.05) is 5.56 Å². The van der Waals surface area contributed by atoms with Gasteiger partial charge in [0.05, 0.1) is 0 Å². The zero-order valence-corrected chi connectivity index (χ0v) is 8.73. The minimum atomic E-state index is -1.42. The van der Waals surface area contributed by atoms with Gasteiger partial charge < -0.3 is 5.11 Å². The van der Waals surface area contributed by atoms with Crippen LogP contribution in [0.2, 0.25) is 0 Å². The van der Waals surface area contributed by atoms with Crippen molar-refractivity contribution in [2.75, 3.05) is 0 Å². The highest BCUT2D eigenvalue weighted by molar-refractivity contribution is 6.42. The molecule has 2 aromatic rings. The Morgan fingerprint density at radius 2 is 1.62 bits per heavy atom. The highest BCUT2D eigenvalue weighted by Gasteiger charge is 2.17. The Kier molecular flexibility index (Phi) is 2.44. The molecule has 80 valence electrons. The molecular formula is C13H10O3. The average Bonchev–Trinajstić information content (AvgIpc) is 2.29.